The van der Waals surface area contributed by atoms with Crippen molar-refractivity contribution in [1.29, 1.82) is 5.26 Å². The first-order valence-corrected chi connectivity index (χ1v) is 2.73. The minimum Gasteiger partial charge on any atom is -0.358 e. The fraction of sp³-hybridized carbons (Fsp3) is 0.200. The Kier molecular flexibility index (Phi) is 1.56. The van der Waals surface area contributed by atoms with E-state index >= 15 is 0 Å². The number of nitrogens with zero attached hydrogens (tertiary/aromatic N) is 4. The van der Waals surface area contributed by atoms with Crippen LogP contribution in [0.4, 0.5) is 5.82 Å². The van der Waals surface area contributed by atoms with E-state index < -0.39 is 10.7 Å². The molecule has 0 spiro atoms. The highest BCUT2D eigenvalue weighted by Gasteiger charge is 2.18. The van der Waals surface area contributed by atoms with Gasteiger partial charge in [-0.3, -0.25) is 0 Å². The Morgan fingerprint density at radius 1 is 1.91 bits per heavy atom. The molecular formula is C5H4N4O2. The Labute approximate surface area is 61.8 Å². The van der Waals surface area contributed by atoms with E-state index in [4.69, 9.17) is 5.26 Å². The highest BCUT2D eigenvalue weighted by atomic mass is 16.6. The number of aromatic nitrogens is 2. The Hall–Kier alpha value is -1.90. The summed E-state index contributed by atoms with van der Waals surface area (Å²) in [5.74, 6) is -0.394. The van der Waals surface area contributed by atoms with Crippen LogP contribution >= 0.6 is 0 Å². The average Bonchev–Trinajstić information content (AvgIpc) is 2.30. The van der Waals surface area contributed by atoms with Gasteiger partial charge in [-0.25, -0.2) is 0 Å². The highest BCUT2D eigenvalue weighted by Crippen LogP contribution is 2.12. The van der Waals surface area contributed by atoms with Crippen molar-refractivity contribution in [3.8, 4) is 6.07 Å². The lowest BCUT2D eigenvalue weighted by Crippen LogP contribution is -1.92. The number of nitriles is 1. The number of hydrogen-bond acceptors (Lipinski definition) is 4. The standard InChI is InChI=1S/C5H4N4O2/c1-8-3-4(2-6)5(7-8)9(10)11/h3H,1H3. The van der Waals surface area contributed by atoms with Crippen molar-refractivity contribution >= 4 is 5.82 Å². The third-order valence-corrected chi connectivity index (χ3v) is 1.10. The lowest BCUT2D eigenvalue weighted by atomic mass is 10.4. The van der Waals surface area contributed by atoms with Crippen molar-refractivity contribution in [3.63, 3.8) is 0 Å². The van der Waals surface area contributed by atoms with Gasteiger partial charge in [0.1, 0.15) is 6.07 Å². The summed E-state index contributed by atoms with van der Waals surface area (Å²) in [5, 5.41) is 22.0. The molecule has 11 heavy (non-hydrogen) atoms. The summed E-state index contributed by atoms with van der Waals surface area (Å²) in [6.07, 6.45) is 1.30. The third-order valence-electron chi connectivity index (χ3n) is 1.10. The summed E-state index contributed by atoms with van der Waals surface area (Å²) in [7, 11) is 1.52. The van der Waals surface area contributed by atoms with Crippen LogP contribution in [0.2, 0.25) is 0 Å². The first-order valence-electron chi connectivity index (χ1n) is 2.73. The van der Waals surface area contributed by atoms with E-state index in [0.29, 0.717) is 0 Å². The Morgan fingerprint density at radius 2 is 2.55 bits per heavy atom. The lowest BCUT2D eigenvalue weighted by molar-refractivity contribution is -0.390. The molecule has 0 radical (unpaired) electrons. The SMILES string of the molecule is Cn1cc(C#N)c([N+](=O)[O-])n1. The summed E-state index contributed by atoms with van der Waals surface area (Å²) >= 11 is 0. The number of rotatable bonds is 1. The zero-order valence-corrected chi connectivity index (χ0v) is 5.68. The topological polar surface area (TPSA) is 84.8 Å². The van der Waals surface area contributed by atoms with Crippen molar-refractivity contribution in [2.75, 3.05) is 0 Å². The van der Waals surface area contributed by atoms with Crippen molar-refractivity contribution in [1.82, 2.24) is 9.78 Å². The summed E-state index contributed by atoms with van der Waals surface area (Å²) in [4.78, 5) is 9.49. The predicted octanol–water partition coefficient (Wildman–Crippen LogP) is 0.200. The molecule has 0 aliphatic heterocycles. The number of hydrogen-bond donors (Lipinski definition) is 0. The molecule has 0 bridgehead atoms. The molecule has 0 aromatic carbocycles. The molecule has 1 heterocycles. The van der Waals surface area contributed by atoms with Gasteiger partial charge in [0.05, 0.1) is 18.3 Å². The molecule has 56 valence electrons. The molecule has 0 atom stereocenters. The van der Waals surface area contributed by atoms with E-state index in [0.717, 1.165) is 0 Å². The van der Waals surface area contributed by atoms with E-state index in [1.165, 1.54) is 17.9 Å². The van der Waals surface area contributed by atoms with Gasteiger partial charge < -0.3 is 10.1 Å². The fourth-order valence-corrected chi connectivity index (χ4v) is 0.690. The Balaban J connectivity index is 3.26. The lowest BCUT2D eigenvalue weighted by Gasteiger charge is -1.83. The van der Waals surface area contributed by atoms with Gasteiger partial charge in [-0.2, -0.15) is 9.94 Å². The van der Waals surface area contributed by atoms with Crippen LogP contribution in [0.25, 0.3) is 0 Å². The molecule has 0 unspecified atom stereocenters. The van der Waals surface area contributed by atoms with E-state index in [1.54, 1.807) is 6.07 Å². The number of aryl methyl sites for hydroxylation is 1. The van der Waals surface area contributed by atoms with Crippen molar-refractivity contribution in [3.05, 3.63) is 21.9 Å². The molecular weight excluding hydrogens is 148 g/mol. The van der Waals surface area contributed by atoms with Gasteiger partial charge in [-0.05, 0) is 4.92 Å². The highest BCUT2D eigenvalue weighted by molar-refractivity contribution is 5.40. The Bertz CT molecular complexity index is 335. The van der Waals surface area contributed by atoms with Gasteiger partial charge in [0.2, 0.25) is 0 Å². The number of nitro groups is 1. The summed E-state index contributed by atoms with van der Waals surface area (Å²) in [6, 6.07) is 1.67. The van der Waals surface area contributed by atoms with Gasteiger partial charge >= 0.3 is 5.82 Å². The molecule has 0 aliphatic carbocycles. The molecule has 0 N–H and O–H groups in total. The van der Waals surface area contributed by atoms with Crippen LogP contribution in [0.5, 0.6) is 0 Å². The molecule has 0 saturated heterocycles. The van der Waals surface area contributed by atoms with Crippen molar-refractivity contribution in [2.24, 2.45) is 7.05 Å². The van der Waals surface area contributed by atoms with E-state index in [-0.39, 0.29) is 5.56 Å². The van der Waals surface area contributed by atoms with Crippen LogP contribution in [-0.2, 0) is 7.05 Å². The van der Waals surface area contributed by atoms with Gasteiger partial charge in [0.25, 0.3) is 0 Å². The molecule has 1 aromatic heterocycles. The summed E-state index contributed by atoms with van der Waals surface area (Å²) < 4.78 is 1.23. The van der Waals surface area contributed by atoms with Crippen LogP contribution < -0.4 is 0 Å². The van der Waals surface area contributed by atoms with E-state index in [1.807, 2.05) is 0 Å². The molecule has 0 aliphatic rings. The monoisotopic (exact) mass is 152 g/mol. The van der Waals surface area contributed by atoms with E-state index in [9.17, 15) is 10.1 Å². The molecule has 6 nitrogen and oxygen atoms in total. The van der Waals surface area contributed by atoms with E-state index in [2.05, 4.69) is 5.10 Å². The molecule has 0 fully saturated rings. The molecule has 1 rings (SSSR count). The van der Waals surface area contributed by atoms with Crippen molar-refractivity contribution < 1.29 is 4.92 Å². The second-order valence-corrected chi connectivity index (χ2v) is 1.91. The van der Waals surface area contributed by atoms with Crippen molar-refractivity contribution in [2.45, 2.75) is 0 Å². The molecule has 6 heteroatoms. The third kappa shape index (κ3) is 1.16. The molecule has 0 amide bonds. The van der Waals surface area contributed by atoms with Crippen LogP contribution in [0.1, 0.15) is 5.56 Å². The average molecular weight is 152 g/mol. The fourth-order valence-electron chi connectivity index (χ4n) is 0.690. The molecule has 0 saturated carbocycles. The maximum atomic E-state index is 10.2. The first kappa shape index (κ1) is 7.21. The summed E-state index contributed by atoms with van der Waals surface area (Å²) in [6.45, 7) is 0. The maximum Gasteiger partial charge on any atom is 0.407 e. The zero-order chi connectivity index (χ0) is 8.43. The second-order valence-electron chi connectivity index (χ2n) is 1.91. The largest absolute Gasteiger partial charge is 0.407 e. The zero-order valence-electron chi connectivity index (χ0n) is 5.68. The van der Waals surface area contributed by atoms with Crippen LogP contribution in [-0.4, -0.2) is 14.7 Å². The minimum atomic E-state index is -0.682. The van der Waals surface area contributed by atoms with Crippen LogP contribution in [0.15, 0.2) is 6.20 Å². The smallest absolute Gasteiger partial charge is 0.358 e. The van der Waals surface area contributed by atoms with Crippen LogP contribution in [0, 0.1) is 21.4 Å². The summed E-state index contributed by atoms with van der Waals surface area (Å²) in [5.41, 5.74) is -0.0162. The van der Waals surface area contributed by atoms with Gasteiger partial charge in [0, 0.05) is 0 Å². The Morgan fingerprint density at radius 3 is 2.91 bits per heavy atom. The quantitative estimate of drug-likeness (QED) is 0.425. The van der Waals surface area contributed by atoms with Gasteiger partial charge in [-0.15, -0.1) is 0 Å². The second kappa shape index (κ2) is 2.38. The van der Waals surface area contributed by atoms with Gasteiger partial charge in [0.15, 0.2) is 5.56 Å². The predicted molar refractivity (Wildman–Crippen MR) is 34.6 cm³/mol. The first-order chi connectivity index (χ1) is 5.15. The van der Waals surface area contributed by atoms with Crippen LogP contribution in [0.3, 0.4) is 0 Å². The van der Waals surface area contributed by atoms with Gasteiger partial charge in [-0.1, -0.05) is 0 Å². The maximum absolute atomic E-state index is 10.2. The normalized spacial score (nSPS) is 9.09. The molecule has 1 aromatic rings. The minimum absolute atomic E-state index is 0.0162.